The Bertz CT molecular complexity index is 469. The van der Waals surface area contributed by atoms with Crippen molar-refractivity contribution in [1.82, 2.24) is 0 Å². The average molecular weight is 282 g/mol. The summed E-state index contributed by atoms with van der Waals surface area (Å²) in [6.45, 7) is 6.56. The molecule has 0 saturated heterocycles. The topological polar surface area (TPSA) is 105 Å². The summed E-state index contributed by atoms with van der Waals surface area (Å²) in [5.74, 6) is -1.20. The van der Waals surface area contributed by atoms with Gasteiger partial charge in [-0.1, -0.05) is 27.7 Å². The highest BCUT2D eigenvalue weighted by Crippen LogP contribution is 2.10. The van der Waals surface area contributed by atoms with E-state index in [2.05, 4.69) is 4.79 Å². The molecule has 0 aromatic carbocycles. The van der Waals surface area contributed by atoms with Crippen LogP contribution >= 0.6 is 0 Å². The molecule has 0 N–H and O–H groups in total. The molecule has 0 saturated carbocycles. The molecule has 0 aliphatic carbocycles. The van der Waals surface area contributed by atoms with Gasteiger partial charge >= 0.3 is 4.38 Å². The first-order valence-electron chi connectivity index (χ1n) is 5.20. The molecule has 0 aliphatic heterocycles. The number of sulfone groups is 2. The number of hydrogen-bond donors (Lipinski definition) is 0. The lowest BCUT2D eigenvalue weighted by Gasteiger charge is -2.05. The lowest BCUT2D eigenvalue weighted by molar-refractivity contribution is 0.00376. The molecule has 0 aromatic rings. The van der Waals surface area contributed by atoms with Gasteiger partial charge in [0.15, 0.2) is 0 Å². The van der Waals surface area contributed by atoms with Crippen molar-refractivity contribution < 1.29 is 21.6 Å². The second kappa shape index (κ2) is 5.75. The van der Waals surface area contributed by atoms with E-state index in [0.717, 1.165) is 0 Å². The van der Waals surface area contributed by atoms with Crippen LogP contribution in [0.25, 0.3) is 5.53 Å². The normalized spacial score (nSPS) is 12.8. The van der Waals surface area contributed by atoms with E-state index in [4.69, 9.17) is 5.53 Å². The van der Waals surface area contributed by atoms with Crippen LogP contribution in [0.1, 0.15) is 27.7 Å². The second-order valence-electron chi connectivity index (χ2n) is 4.72. The summed E-state index contributed by atoms with van der Waals surface area (Å²) in [5.41, 5.74) is 8.65. The van der Waals surface area contributed by atoms with Crippen LogP contribution in [0, 0.1) is 11.8 Å². The monoisotopic (exact) mass is 282 g/mol. The zero-order valence-electron chi connectivity index (χ0n) is 10.4. The Morgan fingerprint density at radius 2 is 1.24 bits per heavy atom. The zero-order valence-corrected chi connectivity index (χ0v) is 12.0. The highest BCUT2D eigenvalue weighted by molar-refractivity contribution is 8.31. The Morgan fingerprint density at radius 3 is 1.41 bits per heavy atom. The van der Waals surface area contributed by atoms with Crippen LogP contribution in [-0.4, -0.2) is 37.5 Å². The predicted molar refractivity (Wildman–Crippen MR) is 65.9 cm³/mol. The Hall–Kier alpha value is -0.720. The summed E-state index contributed by atoms with van der Waals surface area (Å²) in [6.07, 6.45) is 0. The molecule has 17 heavy (non-hydrogen) atoms. The van der Waals surface area contributed by atoms with Gasteiger partial charge in [0, 0.05) is 0 Å². The maximum absolute atomic E-state index is 11.7. The van der Waals surface area contributed by atoms with Crippen LogP contribution in [0.15, 0.2) is 0 Å². The highest BCUT2D eigenvalue weighted by Gasteiger charge is 2.41. The van der Waals surface area contributed by atoms with Gasteiger partial charge < -0.3 is 5.53 Å². The van der Waals surface area contributed by atoms with Gasteiger partial charge in [0.1, 0.15) is 0 Å². The minimum Gasteiger partial charge on any atom is -0.359 e. The molecule has 0 spiro atoms. The Labute approximate surface area is 102 Å². The Kier molecular flexibility index (Phi) is 5.51. The van der Waals surface area contributed by atoms with Crippen molar-refractivity contribution in [2.75, 3.05) is 11.5 Å². The third-order valence-electron chi connectivity index (χ3n) is 1.72. The van der Waals surface area contributed by atoms with Crippen LogP contribution in [0.3, 0.4) is 0 Å². The fraction of sp³-hybridized carbons (Fsp3) is 0.889. The highest BCUT2D eigenvalue weighted by atomic mass is 32.3. The van der Waals surface area contributed by atoms with Crippen molar-refractivity contribution in [1.29, 1.82) is 0 Å². The number of rotatable bonds is 4. The van der Waals surface area contributed by atoms with E-state index < -0.39 is 24.1 Å². The lowest BCUT2D eigenvalue weighted by Crippen LogP contribution is -2.32. The molecule has 0 amide bonds. The molecule has 0 rings (SSSR count). The largest absolute Gasteiger partial charge is 0.495 e. The van der Waals surface area contributed by atoms with Crippen LogP contribution in [0.4, 0.5) is 0 Å². The van der Waals surface area contributed by atoms with Gasteiger partial charge in [-0.3, -0.25) is 0 Å². The molecule has 0 unspecified atom stereocenters. The second-order valence-corrected chi connectivity index (χ2v) is 8.87. The fourth-order valence-corrected chi connectivity index (χ4v) is 5.58. The average Bonchev–Trinajstić information content (AvgIpc) is 1.96. The lowest BCUT2D eigenvalue weighted by atomic mass is 10.3. The maximum atomic E-state index is 11.7. The summed E-state index contributed by atoms with van der Waals surface area (Å²) in [4.78, 5) is 2.48. The van der Waals surface area contributed by atoms with Crippen LogP contribution in [0.5, 0.6) is 0 Å². The molecule has 0 atom stereocenters. The summed E-state index contributed by atoms with van der Waals surface area (Å²) in [5, 5.41) is 0. The van der Waals surface area contributed by atoms with Gasteiger partial charge in [-0.2, -0.15) is 0 Å². The number of nitrogens with zero attached hydrogens (tertiary/aromatic N) is 2. The molecule has 100 valence electrons. The van der Waals surface area contributed by atoms with E-state index in [1.807, 2.05) is 0 Å². The SMILES string of the molecule is CC(C)CS(=O)(=O)C(=[N+]=[N-])S(=O)(=O)CC(C)C. The third kappa shape index (κ3) is 4.97. The van der Waals surface area contributed by atoms with Crippen molar-refractivity contribution in [3.8, 4) is 0 Å². The van der Waals surface area contributed by atoms with Crippen molar-refractivity contribution >= 4 is 24.1 Å². The quantitative estimate of drug-likeness (QED) is 0.328. The molecule has 0 aromatic heterocycles. The van der Waals surface area contributed by atoms with E-state index in [1.54, 1.807) is 27.7 Å². The predicted octanol–water partition coefficient (Wildman–Crippen LogP) is 0.714. The van der Waals surface area contributed by atoms with E-state index >= 15 is 0 Å². The van der Waals surface area contributed by atoms with Crippen molar-refractivity contribution in [2.45, 2.75) is 27.7 Å². The first-order chi connectivity index (χ1) is 7.53. The minimum absolute atomic E-state index is 0.244. The fourth-order valence-electron chi connectivity index (χ4n) is 1.34. The smallest absolute Gasteiger partial charge is 0.359 e. The van der Waals surface area contributed by atoms with E-state index in [9.17, 15) is 16.8 Å². The summed E-state index contributed by atoms with van der Waals surface area (Å²) >= 11 is 0. The molecule has 0 heterocycles. The van der Waals surface area contributed by atoms with Gasteiger partial charge in [-0.15, -0.1) is 4.79 Å². The Morgan fingerprint density at radius 1 is 0.941 bits per heavy atom. The first kappa shape index (κ1) is 16.3. The molecule has 6 nitrogen and oxygen atoms in total. The minimum atomic E-state index is -4.06. The molecular formula is C9H18N2O4S2. The molecule has 0 fully saturated rings. The summed E-state index contributed by atoms with van der Waals surface area (Å²) in [6, 6.07) is 0. The maximum Gasteiger partial charge on any atom is 0.495 e. The van der Waals surface area contributed by atoms with Crippen molar-refractivity contribution in [3.05, 3.63) is 5.53 Å². The van der Waals surface area contributed by atoms with E-state index in [-0.39, 0.29) is 23.3 Å². The summed E-state index contributed by atoms with van der Waals surface area (Å²) < 4.78 is 45.8. The molecule has 8 heteroatoms. The van der Waals surface area contributed by atoms with Gasteiger partial charge in [-0.05, 0) is 11.8 Å². The van der Waals surface area contributed by atoms with Crippen LogP contribution < -0.4 is 0 Å². The summed E-state index contributed by atoms with van der Waals surface area (Å²) in [7, 11) is -8.13. The molecular weight excluding hydrogens is 264 g/mol. The standard InChI is InChI=1S/C9H18N2O4S2/c1-7(2)5-16(12,13)9(11-10)17(14,15)6-8(3)4/h7-8H,5-6H2,1-4H3. The molecule has 0 radical (unpaired) electrons. The van der Waals surface area contributed by atoms with Gasteiger partial charge in [-0.25, -0.2) is 16.8 Å². The Balaban J connectivity index is 5.48. The molecule has 0 bridgehead atoms. The van der Waals surface area contributed by atoms with Gasteiger partial charge in [0.25, 0.3) is 19.7 Å². The van der Waals surface area contributed by atoms with E-state index in [1.165, 1.54) is 0 Å². The van der Waals surface area contributed by atoms with Crippen LogP contribution in [-0.2, 0) is 19.7 Å². The number of hydrogen-bond acceptors (Lipinski definition) is 4. The first-order valence-corrected chi connectivity index (χ1v) is 8.51. The van der Waals surface area contributed by atoms with Crippen molar-refractivity contribution in [3.63, 3.8) is 0 Å². The van der Waals surface area contributed by atoms with Gasteiger partial charge in [0.05, 0.1) is 11.5 Å². The molecule has 0 aliphatic rings. The van der Waals surface area contributed by atoms with Crippen molar-refractivity contribution in [2.24, 2.45) is 11.8 Å². The third-order valence-corrected chi connectivity index (χ3v) is 6.68. The van der Waals surface area contributed by atoms with E-state index in [0.29, 0.717) is 0 Å². The zero-order chi connectivity index (χ0) is 13.9. The van der Waals surface area contributed by atoms with Crippen LogP contribution in [0.2, 0.25) is 0 Å². The van der Waals surface area contributed by atoms with Gasteiger partial charge in [0.2, 0.25) is 0 Å².